The van der Waals surface area contributed by atoms with Crippen LogP contribution in [0.15, 0.2) is 24.4 Å². The number of hydrogen-bond donors (Lipinski definition) is 1. The lowest BCUT2D eigenvalue weighted by atomic mass is 10.2. The summed E-state index contributed by atoms with van der Waals surface area (Å²) in [6.45, 7) is 6.02. The Morgan fingerprint density at radius 3 is 2.80 bits per heavy atom. The summed E-state index contributed by atoms with van der Waals surface area (Å²) < 4.78 is 27.9. The largest absolute Gasteiger partial charge is 0.311 e. The smallest absolute Gasteiger partial charge is 0.131 e. The summed E-state index contributed by atoms with van der Waals surface area (Å²) in [4.78, 5) is 0. The van der Waals surface area contributed by atoms with E-state index in [-0.39, 0.29) is 6.54 Å². The van der Waals surface area contributed by atoms with E-state index in [0.29, 0.717) is 18.0 Å². The zero-order valence-electron chi connectivity index (χ0n) is 11.6. The van der Waals surface area contributed by atoms with Crippen molar-refractivity contribution in [1.82, 2.24) is 20.3 Å². The van der Waals surface area contributed by atoms with E-state index in [1.807, 2.05) is 0 Å². The van der Waals surface area contributed by atoms with Crippen LogP contribution in [0.2, 0.25) is 0 Å². The van der Waals surface area contributed by atoms with Gasteiger partial charge in [0, 0.05) is 18.2 Å². The second-order valence-corrected chi connectivity index (χ2v) is 5.17. The van der Waals surface area contributed by atoms with Crippen LogP contribution in [0.4, 0.5) is 8.78 Å². The van der Waals surface area contributed by atoms with E-state index >= 15 is 0 Å². The highest BCUT2D eigenvalue weighted by Gasteiger charge is 2.07. The molecule has 0 amide bonds. The third kappa shape index (κ3) is 4.09. The number of nitrogens with one attached hydrogen (secondary N) is 1. The third-order valence-electron chi connectivity index (χ3n) is 2.79. The minimum absolute atomic E-state index is 0.239. The first-order chi connectivity index (χ1) is 9.54. The molecular weight excluding hydrogens is 262 g/mol. The molecule has 20 heavy (non-hydrogen) atoms. The molecule has 1 heterocycles. The molecule has 1 aromatic carbocycles. The van der Waals surface area contributed by atoms with Crippen LogP contribution < -0.4 is 5.32 Å². The molecule has 0 spiro atoms. The minimum atomic E-state index is -0.580. The summed E-state index contributed by atoms with van der Waals surface area (Å²) in [6.07, 6.45) is 1.76. The molecule has 0 aliphatic rings. The highest BCUT2D eigenvalue weighted by Crippen LogP contribution is 2.10. The molecule has 1 N–H and O–H groups in total. The molecule has 108 valence electrons. The molecule has 4 nitrogen and oxygen atoms in total. The van der Waals surface area contributed by atoms with Gasteiger partial charge in [0.1, 0.15) is 11.6 Å². The van der Waals surface area contributed by atoms with Gasteiger partial charge in [0.15, 0.2) is 0 Å². The zero-order chi connectivity index (χ0) is 14.5. The fraction of sp³-hybridized carbons (Fsp3) is 0.429. The number of nitrogens with zero attached hydrogens (tertiary/aromatic N) is 3. The highest BCUT2D eigenvalue weighted by atomic mass is 19.1. The fourth-order valence-electron chi connectivity index (χ4n) is 1.81. The van der Waals surface area contributed by atoms with Gasteiger partial charge in [-0.3, -0.25) is 0 Å². The van der Waals surface area contributed by atoms with E-state index in [4.69, 9.17) is 0 Å². The van der Waals surface area contributed by atoms with Gasteiger partial charge in [-0.25, -0.2) is 13.5 Å². The Kier molecular flexibility index (Phi) is 4.79. The fourth-order valence-corrected chi connectivity index (χ4v) is 1.81. The second-order valence-electron chi connectivity index (χ2n) is 5.17. The first-order valence-electron chi connectivity index (χ1n) is 6.58. The summed E-state index contributed by atoms with van der Waals surface area (Å²) in [5.74, 6) is -0.582. The number of hydrogen-bond acceptors (Lipinski definition) is 3. The summed E-state index contributed by atoms with van der Waals surface area (Å²) in [5, 5.41) is 11.2. The van der Waals surface area contributed by atoms with E-state index in [9.17, 15) is 8.78 Å². The SMILES string of the molecule is CC(C)CNCc1cn(Cc2ccc(F)cc2F)nn1. The molecule has 0 bridgehead atoms. The average molecular weight is 280 g/mol. The van der Waals surface area contributed by atoms with Crippen molar-refractivity contribution in [3.05, 3.63) is 47.3 Å². The van der Waals surface area contributed by atoms with Crippen molar-refractivity contribution < 1.29 is 8.78 Å². The van der Waals surface area contributed by atoms with Gasteiger partial charge in [-0.2, -0.15) is 0 Å². The van der Waals surface area contributed by atoms with Gasteiger partial charge in [0.25, 0.3) is 0 Å². The molecule has 0 fully saturated rings. The summed E-state index contributed by atoms with van der Waals surface area (Å²) in [6, 6.07) is 3.53. The Morgan fingerprint density at radius 2 is 2.10 bits per heavy atom. The van der Waals surface area contributed by atoms with Crippen molar-refractivity contribution >= 4 is 0 Å². The van der Waals surface area contributed by atoms with Crippen LogP contribution in [0.1, 0.15) is 25.1 Å². The molecule has 2 rings (SSSR count). The lowest BCUT2D eigenvalue weighted by Crippen LogP contribution is -2.19. The molecule has 1 aromatic heterocycles. The molecule has 0 radical (unpaired) electrons. The number of rotatable bonds is 6. The van der Waals surface area contributed by atoms with Crippen molar-refractivity contribution in [1.29, 1.82) is 0 Å². The summed E-state index contributed by atoms with van der Waals surface area (Å²) in [7, 11) is 0. The predicted octanol–water partition coefficient (Wildman–Crippen LogP) is 2.35. The lowest BCUT2D eigenvalue weighted by Gasteiger charge is -2.04. The number of benzene rings is 1. The van der Waals surface area contributed by atoms with E-state index in [0.717, 1.165) is 18.3 Å². The lowest BCUT2D eigenvalue weighted by molar-refractivity contribution is 0.547. The standard InChI is InChI=1S/C14H18F2N4/c1-10(2)6-17-7-13-9-20(19-18-13)8-11-3-4-12(15)5-14(11)16/h3-5,9-10,17H,6-8H2,1-2H3. The molecule has 0 atom stereocenters. The highest BCUT2D eigenvalue weighted by molar-refractivity contribution is 5.18. The summed E-state index contributed by atoms with van der Waals surface area (Å²) >= 11 is 0. The molecule has 0 unspecified atom stereocenters. The quantitative estimate of drug-likeness (QED) is 0.883. The first kappa shape index (κ1) is 14.6. The first-order valence-corrected chi connectivity index (χ1v) is 6.58. The van der Waals surface area contributed by atoms with Crippen molar-refractivity contribution in [2.45, 2.75) is 26.9 Å². The van der Waals surface area contributed by atoms with Crippen LogP contribution >= 0.6 is 0 Å². The Balaban J connectivity index is 1.95. The van der Waals surface area contributed by atoms with Gasteiger partial charge < -0.3 is 5.32 Å². The molecule has 0 saturated heterocycles. The van der Waals surface area contributed by atoms with Gasteiger partial charge in [-0.1, -0.05) is 25.1 Å². The van der Waals surface area contributed by atoms with E-state index in [1.54, 1.807) is 10.9 Å². The van der Waals surface area contributed by atoms with Crippen molar-refractivity contribution in [2.75, 3.05) is 6.54 Å². The molecule has 2 aromatic rings. The number of aromatic nitrogens is 3. The molecule has 0 aliphatic heterocycles. The molecule has 0 saturated carbocycles. The summed E-state index contributed by atoms with van der Waals surface area (Å²) in [5.41, 5.74) is 1.19. The van der Waals surface area contributed by atoms with Gasteiger partial charge in [0.2, 0.25) is 0 Å². The minimum Gasteiger partial charge on any atom is -0.311 e. The number of halogens is 2. The van der Waals surface area contributed by atoms with Crippen LogP contribution in [0.25, 0.3) is 0 Å². The maximum Gasteiger partial charge on any atom is 0.131 e. The Hall–Kier alpha value is -1.82. The van der Waals surface area contributed by atoms with Crippen LogP contribution in [-0.4, -0.2) is 21.5 Å². The van der Waals surface area contributed by atoms with Crippen LogP contribution in [0.5, 0.6) is 0 Å². The van der Waals surface area contributed by atoms with Crippen LogP contribution in [0.3, 0.4) is 0 Å². The monoisotopic (exact) mass is 280 g/mol. The molecule has 6 heteroatoms. The maximum atomic E-state index is 13.5. The van der Waals surface area contributed by atoms with Gasteiger partial charge in [-0.15, -0.1) is 5.10 Å². The topological polar surface area (TPSA) is 42.7 Å². The molecular formula is C14H18F2N4. The Bertz CT molecular complexity index is 566. The average Bonchev–Trinajstić information content (AvgIpc) is 2.80. The predicted molar refractivity (Wildman–Crippen MR) is 72.0 cm³/mol. The Morgan fingerprint density at radius 1 is 1.30 bits per heavy atom. The normalized spacial score (nSPS) is 11.2. The third-order valence-corrected chi connectivity index (χ3v) is 2.79. The van der Waals surface area contributed by atoms with Crippen molar-refractivity contribution in [3.8, 4) is 0 Å². The van der Waals surface area contributed by atoms with Crippen molar-refractivity contribution in [2.24, 2.45) is 5.92 Å². The van der Waals surface area contributed by atoms with Gasteiger partial charge in [0.05, 0.1) is 18.4 Å². The van der Waals surface area contributed by atoms with E-state index in [1.165, 1.54) is 12.1 Å². The maximum absolute atomic E-state index is 13.5. The van der Waals surface area contributed by atoms with Crippen molar-refractivity contribution in [3.63, 3.8) is 0 Å². The molecule has 0 aliphatic carbocycles. The zero-order valence-corrected chi connectivity index (χ0v) is 11.6. The Labute approximate surface area is 116 Å². The second kappa shape index (κ2) is 6.56. The van der Waals surface area contributed by atoms with Gasteiger partial charge >= 0.3 is 0 Å². The van der Waals surface area contributed by atoms with Crippen LogP contribution in [0, 0.1) is 17.6 Å². The van der Waals surface area contributed by atoms with E-state index in [2.05, 4.69) is 29.5 Å². The van der Waals surface area contributed by atoms with Gasteiger partial charge in [-0.05, 0) is 18.5 Å². The van der Waals surface area contributed by atoms with E-state index < -0.39 is 11.6 Å². The van der Waals surface area contributed by atoms with Crippen LogP contribution in [-0.2, 0) is 13.1 Å².